The number of hydrogen-bond acceptors (Lipinski definition) is 9. The van der Waals surface area contributed by atoms with Crippen LogP contribution in [0.25, 0.3) is 11.5 Å². The van der Waals surface area contributed by atoms with Gasteiger partial charge in [0.2, 0.25) is 11.8 Å². The number of benzene rings is 1. The minimum Gasteiger partial charge on any atom is -0.496 e. The van der Waals surface area contributed by atoms with E-state index in [1.165, 1.54) is 7.11 Å². The molecule has 206 valence electrons. The van der Waals surface area contributed by atoms with Gasteiger partial charge in [0.25, 0.3) is 5.89 Å². The van der Waals surface area contributed by atoms with Crippen LogP contribution in [0.4, 0.5) is 0 Å². The quantitative estimate of drug-likeness (QED) is 0.345. The van der Waals surface area contributed by atoms with Crippen molar-refractivity contribution in [1.82, 2.24) is 25.7 Å². The number of aliphatic carboxylic acids is 1. The second-order valence-corrected chi connectivity index (χ2v) is 9.75. The fourth-order valence-electron chi connectivity index (χ4n) is 4.35. The number of carboxylic acids is 1. The van der Waals surface area contributed by atoms with Gasteiger partial charge in [-0.05, 0) is 57.0 Å². The van der Waals surface area contributed by atoms with Crippen LogP contribution in [0.1, 0.15) is 44.5 Å². The second-order valence-electron chi connectivity index (χ2n) is 9.75. The van der Waals surface area contributed by atoms with E-state index in [-0.39, 0.29) is 24.7 Å². The van der Waals surface area contributed by atoms with Crippen molar-refractivity contribution in [3.63, 3.8) is 0 Å². The monoisotopic (exact) mass is 529 g/mol. The SMILES string of the molecule is COc1ccc(-c2nc(C)no2)cc1CC(=O)NC(C(=O)NC(CC(=O)O)C(=O)CN1CCCC1)C(C)C. The van der Waals surface area contributed by atoms with E-state index in [4.69, 9.17) is 9.26 Å². The van der Waals surface area contributed by atoms with Crippen LogP contribution < -0.4 is 15.4 Å². The first-order valence-electron chi connectivity index (χ1n) is 12.6. The number of carbonyl (C=O) groups is 4. The summed E-state index contributed by atoms with van der Waals surface area (Å²) in [5.74, 6) is -1.71. The summed E-state index contributed by atoms with van der Waals surface area (Å²) in [6.07, 6.45) is 1.32. The van der Waals surface area contributed by atoms with Gasteiger partial charge in [-0.1, -0.05) is 19.0 Å². The summed E-state index contributed by atoms with van der Waals surface area (Å²) >= 11 is 0. The number of nitrogens with zero attached hydrogens (tertiary/aromatic N) is 3. The van der Waals surface area contributed by atoms with Crippen molar-refractivity contribution < 1.29 is 33.5 Å². The predicted molar refractivity (Wildman–Crippen MR) is 136 cm³/mol. The summed E-state index contributed by atoms with van der Waals surface area (Å²) in [4.78, 5) is 56.5. The third kappa shape index (κ3) is 7.85. The van der Waals surface area contributed by atoms with Crippen molar-refractivity contribution in [3.05, 3.63) is 29.6 Å². The Hall–Kier alpha value is -3.80. The highest BCUT2D eigenvalue weighted by Gasteiger charge is 2.31. The molecule has 12 heteroatoms. The van der Waals surface area contributed by atoms with E-state index in [2.05, 4.69) is 20.8 Å². The largest absolute Gasteiger partial charge is 0.496 e. The lowest BCUT2D eigenvalue weighted by molar-refractivity contribution is -0.141. The molecule has 2 heterocycles. The number of likely N-dealkylation sites (tertiary alicyclic amines) is 1. The van der Waals surface area contributed by atoms with Gasteiger partial charge in [-0.3, -0.25) is 24.1 Å². The fourth-order valence-corrected chi connectivity index (χ4v) is 4.35. The van der Waals surface area contributed by atoms with Crippen LogP contribution in [-0.2, 0) is 25.6 Å². The number of amides is 2. The lowest BCUT2D eigenvalue weighted by atomic mass is 10.0. The number of carbonyl (C=O) groups excluding carboxylic acids is 3. The molecule has 38 heavy (non-hydrogen) atoms. The summed E-state index contributed by atoms with van der Waals surface area (Å²) in [5, 5.41) is 18.4. The number of rotatable bonds is 13. The molecule has 0 spiro atoms. The number of carboxylic acid groups (broad SMARTS) is 1. The zero-order valence-electron chi connectivity index (χ0n) is 22.2. The van der Waals surface area contributed by atoms with Crippen molar-refractivity contribution in [3.8, 4) is 17.2 Å². The van der Waals surface area contributed by atoms with Gasteiger partial charge in [0.15, 0.2) is 11.6 Å². The molecule has 1 aliphatic rings. The number of Topliss-reactive ketones (excluding diaryl/α,β-unsaturated/α-hetero) is 1. The zero-order valence-corrected chi connectivity index (χ0v) is 22.2. The summed E-state index contributed by atoms with van der Waals surface area (Å²) in [5.41, 5.74) is 1.16. The molecule has 3 N–H and O–H groups in total. The average Bonchev–Trinajstić information content (AvgIpc) is 3.53. The number of aromatic nitrogens is 2. The third-order valence-electron chi connectivity index (χ3n) is 6.33. The normalized spacial score (nSPS) is 15.2. The molecule has 0 aliphatic carbocycles. The molecule has 1 fully saturated rings. The third-order valence-corrected chi connectivity index (χ3v) is 6.33. The Labute approximate surface area is 221 Å². The average molecular weight is 530 g/mol. The van der Waals surface area contributed by atoms with Crippen LogP contribution in [-0.4, -0.2) is 82.5 Å². The van der Waals surface area contributed by atoms with Crippen molar-refractivity contribution >= 4 is 23.6 Å². The second kappa shape index (κ2) is 13.1. The first-order valence-corrected chi connectivity index (χ1v) is 12.6. The number of ether oxygens (including phenoxy) is 1. The maximum Gasteiger partial charge on any atom is 0.305 e. The molecule has 1 aliphatic heterocycles. The molecule has 3 rings (SSSR count). The van der Waals surface area contributed by atoms with Crippen LogP contribution in [0.5, 0.6) is 5.75 Å². The number of nitrogens with one attached hydrogen (secondary N) is 2. The summed E-state index contributed by atoms with van der Waals surface area (Å²) in [6.45, 7) is 6.81. The molecule has 0 bridgehead atoms. The van der Waals surface area contributed by atoms with Gasteiger partial charge >= 0.3 is 5.97 Å². The molecule has 1 saturated heterocycles. The molecule has 0 radical (unpaired) electrons. The smallest absolute Gasteiger partial charge is 0.305 e. The highest BCUT2D eigenvalue weighted by atomic mass is 16.5. The van der Waals surface area contributed by atoms with E-state index < -0.39 is 36.3 Å². The van der Waals surface area contributed by atoms with E-state index in [1.54, 1.807) is 39.0 Å². The van der Waals surface area contributed by atoms with E-state index in [0.717, 1.165) is 25.9 Å². The van der Waals surface area contributed by atoms with E-state index >= 15 is 0 Å². The Kier molecular flexibility index (Phi) is 9.94. The molecule has 1 aromatic carbocycles. The number of aryl methyl sites for hydroxylation is 1. The highest BCUT2D eigenvalue weighted by Crippen LogP contribution is 2.26. The molecule has 12 nitrogen and oxygen atoms in total. The number of methoxy groups -OCH3 is 1. The van der Waals surface area contributed by atoms with E-state index in [9.17, 15) is 24.3 Å². The van der Waals surface area contributed by atoms with Gasteiger partial charge in [0.1, 0.15) is 11.8 Å². The van der Waals surface area contributed by atoms with Gasteiger partial charge in [-0.2, -0.15) is 4.98 Å². The van der Waals surface area contributed by atoms with Crippen LogP contribution >= 0.6 is 0 Å². The van der Waals surface area contributed by atoms with Gasteiger partial charge in [0.05, 0.1) is 32.5 Å². The number of hydrogen-bond donors (Lipinski definition) is 3. The molecular weight excluding hydrogens is 494 g/mol. The van der Waals surface area contributed by atoms with Crippen LogP contribution in [0.15, 0.2) is 22.7 Å². The Bertz CT molecular complexity index is 1160. The van der Waals surface area contributed by atoms with Crippen molar-refractivity contribution in [2.24, 2.45) is 5.92 Å². The molecular formula is C26H35N5O7. The lowest BCUT2D eigenvalue weighted by Gasteiger charge is -2.25. The number of ketones is 1. The summed E-state index contributed by atoms with van der Waals surface area (Å²) < 4.78 is 10.6. The molecule has 1 aromatic heterocycles. The first kappa shape index (κ1) is 28.8. The van der Waals surface area contributed by atoms with Gasteiger partial charge < -0.3 is 25.0 Å². The Balaban J connectivity index is 1.70. The first-order chi connectivity index (χ1) is 18.1. The highest BCUT2D eigenvalue weighted by molar-refractivity contribution is 5.95. The van der Waals surface area contributed by atoms with Crippen LogP contribution in [0.3, 0.4) is 0 Å². The summed E-state index contributed by atoms with van der Waals surface area (Å²) in [6, 6.07) is 2.96. The maximum absolute atomic E-state index is 13.1. The lowest BCUT2D eigenvalue weighted by Crippen LogP contribution is -2.55. The maximum atomic E-state index is 13.1. The Morgan fingerprint density at radius 1 is 1.16 bits per heavy atom. The minimum absolute atomic E-state index is 0.0760. The molecule has 2 atom stereocenters. The molecule has 2 aromatic rings. The predicted octanol–water partition coefficient (Wildman–Crippen LogP) is 1.36. The fraction of sp³-hybridized carbons (Fsp3) is 0.538. The van der Waals surface area contributed by atoms with Crippen LogP contribution in [0, 0.1) is 12.8 Å². The van der Waals surface area contributed by atoms with Gasteiger partial charge in [0, 0.05) is 11.1 Å². The van der Waals surface area contributed by atoms with Crippen molar-refractivity contribution in [2.45, 2.75) is 58.5 Å². The van der Waals surface area contributed by atoms with Crippen LogP contribution in [0.2, 0.25) is 0 Å². The van der Waals surface area contributed by atoms with Gasteiger partial charge in [-0.15, -0.1) is 0 Å². The Morgan fingerprint density at radius 2 is 1.87 bits per heavy atom. The van der Waals surface area contributed by atoms with Crippen molar-refractivity contribution in [2.75, 3.05) is 26.7 Å². The van der Waals surface area contributed by atoms with E-state index in [0.29, 0.717) is 28.6 Å². The molecule has 2 unspecified atom stereocenters. The van der Waals surface area contributed by atoms with E-state index in [1.807, 2.05) is 4.90 Å². The zero-order chi connectivity index (χ0) is 27.8. The summed E-state index contributed by atoms with van der Waals surface area (Å²) in [7, 11) is 1.49. The molecule has 0 saturated carbocycles. The Morgan fingerprint density at radius 3 is 2.45 bits per heavy atom. The standard InChI is InChI=1S/C26H35N5O7/c1-15(2)24(25(36)28-19(13-23(34)35)20(32)14-31-9-5-6-10-31)29-22(33)12-18-11-17(7-8-21(18)37-4)26-27-16(3)30-38-26/h7-8,11,15,19,24H,5-6,9-10,12-14H2,1-4H3,(H,28,36)(H,29,33)(H,34,35). The van der Waals surface area contributed by atoms with Crippen molar-refractivity contribution in [1.29, 1.82) is 0 Å². The molecule has 2 amide bonds. The topological polar surface area (TPSA) is 164 Å². The minimum atomic E-state index is -1.20. The van der Waals surface area contributed by atoms with Gasteiger partial charge in [-0.25, -0.2) is 0 Å².